The zero-order valence-corrected chi connectivity index (χ0v) is 20.8. The van der Waals surface area contributed by atoms with Crippen molar-refractivity contribution in [3.63, 3.8) is 0 Å². The molecule has 0 bridgehead atoms. The highest BCUT2D eigenvalue weighted by molar-refractivity contribution is 5.88. The van der Waals surface area contributed by atoms with E-state index in [0.29, 0.717) is 18.9 Å². The van der Waals surface area contributed by atoms with Crippen LogP contribution in [0.3, 0.4) is 0 Å². The van der Waals surface area contributed by atoms with E-state index in [9.17, 15) is 4.79 Å². The number of aromatic nitrogens is 5. The molecule has 0 aromatic carbocycles. The Morgan fingerprint density at radius 3 is 2.74 bits per heavy atom. The zero-order valence-electron chi connectivity index (χ0n) is 20.8. The van der Waals surface area contributed by atoms with Gasteiger partial charge in [0.25, 0.3) is 0 Å². The van der Waals surface area contributed by atoms with Crippen molar-refractivity contribution in [1.82, 2.24) is 29.0 Å². The Hall–Kier alpha value is -3.88. The second-order valence-corrected chi connectivity index (χ2v) is 10.0. The molecule has 1 atom stereocenters. The van der Waals surface area contributed by atoms with E-state index in [1.165, 1.54) is 11.9 Å². The van der Waals surface area contributed by atoms with Crippen molar-refractivity contribution >= 4 is 34.0 Å². The fourth-order valence-electron chi connectivity index (χ4n) is 4.75. The standard InChI is InChI=1S/C26H31N7O2/c1-16-21-23(27)28-15-29-24(21)33(30-16)17(2)20-14-19-8-6-7-11-32(19)22(20)18-9-12-31(13-10-18)25(34)35-26(3,4)5/h6-9,11,14-15,17H,10,12-13H2,1-5H3,(H2,27,28,29). The third-order valence-corrected chi connectivity index (χ3v) is 6.38. The number of anilines is 1. The number of rotatable bonds is 3. The molecule has 9 nitrogen and oxygen atoms in total. The summed E-state index contributed by atoms with van der Waals surface area (Å²) in [6, 6.07) is 8.27. The van der Waals surface area contributed by atoms with Gasteiger partial charge >= 0.3 is 6.09 Å². The first-order valence-corrected chi connectivity index (χ1v) is 11.9. The third-order valence-electron chi connectivity index (χ3n) is 6.38. The maximum atomic E-state index is 12.6. The second-order valence-electron chi connectivity index (χ2n) is 10.0. The van der Waals surface area contributed by atoms with Crippen LogP contribution in [0.4, 0.5) is 10.6 Å². The number of carbonyl (C=O) groups excluding carboxylic acids is 1. The molecule has 0 radical (unpaired) electrons. The summed E-state index contributed by atoms with van der Waals surface area (Å²) in [7, 11) is 0. The summed E-state index contributed by atoms with van der Waals surface area (Å²) in [5.41, 5.74) is 11.7. The van der Waals surface area contributed by atoms with Gasteiger partial charge in [-0.3, -0.25) is 0 Å². The Labute approximate surface area is 204 Å². The Morgan fingerprint density at radius 1 is 1.23 bits per heavy atom. The first-order valence-electron chi connectivity index (χ1n) is 11.9. The number of aryl methyl sites for hydroxylation is 1. The molecule has 4 aromatic rings. The van der Waals surface area contributed by atoms with Gasteiger partial charge in [-0.1, -0.05) is 12.1 Å². The Kier molecular flexibility index (Phi) is 5.50. The van der Waals surface area contributed by atoms with Crippen LogP contribution in [0.5, 0.6) is 0 Å². The van der Waals surface area contributed by atoms with Crippen LogP contribution >= 0.6 is 0 Å². The predicted octanol–water partition coefficient (Wildman–Crippen LogP) is 4.60. The molecule has 5 heterocycles. The third kappa shape index (κ3) is 4.11. The first kappa shape index (κ1) is 22.9. The average Bonchev–Trinajstić information content (AvgIpc) is 3.36. The summed E-state index contributed by atoms with van der Waals surface area (Å²) in [6.07, 6.45) is 6.14. The van der Waals surface area contributed by atoms with Crippen molar-refractivity contribution in [3.05, 3.63) is 59.8 Å². The number of hydrogen-bond acceptors (Lipinski definition) is 6. The van der Waals surface area contributed by atoms with Crippen LogP contribution in [0, 0.1) is 6.92 Å². The summed E-state index contributed by atoms with van der Waals surface area (Å²) < 4.78 is 9.70. The van der Waals surface area contributed by atoms with Crippen molar-refractivity contribution in [2.75, 3.05) is 18.8 Å². The molecule has 9 heteroatoms. The van der Waals surface area contributed by atoms with E-state index in [2.05, 4.69) is 45.7 Å². The van der Waals surface area contributed by atoms with Crippen LogP contribution in [0.15, 0.2) is 42.9 Å². The summed E-state index contributed by atoms with van der Waals surface area (Å²) in [5.74, 6) is 0.436. The topological polar surface area (TPSA) is 104 Å². The summed E-state index contributed by atoms with van der Waals surface area (Å²) >= 11 is 0. The smallest absolute Gasteiger partial charge is 0.410 e. The van der Waals surface area contributed by atoms with E-state index >= 15 is 0 Å². The lowest BCUT2D eigenvalue weighted by Crippen LogP contribution is -2.39. The van der Waals surface area contributed by atoms with E-state index in [-0.39, 0.29) is 12.1 Å². The van der Waals surface area contributed by atoms with Gasteiger partial charge in [0.05, 0.1) is 22.8 Å². The van der Waals surface area contributed by atoms with Gasteiger partial charge < -0.3 is 19.8 Å². The monoisotopic (exact) mass is 473 g/mol. The van der Waals surface area contributed by atoms with E-state index < -0.39 is 5.60 Å². The highest BCUT2D eigenvalue weighted by Gasteiger charge is 2.28. The van der Waals surface area contributed by atoms with E-state index in [1.54, 1.807) is 4.90 Å². The van der Waals surface area contributed by atoms with Crippen molar-refractivity contribution in [2.24, 2.45) is 0 Å². The molecular weight excluding hydrogens is 442 g/mol. The van der Waals surface area contributed by atoms with Gasteiger partial charge in [-0.05, 0) is 64.8 Å². The zero-order chi connectivity index (χ0) is 24.9. The number of pyridine rings is 1. The molecule has 2 N–H and O–H groups in total. The van der Waals surface area contributed by atoms with Crippen molar-refractivity contribution in [3.8, 4) is 0 Å². The Bertz CT molecular complexity index is 1460. The number of carbonyl (C=O) groups is 1. The molecule has 5 rings (SSSR count). The van der Waals surface area contributed by atoms with Gasteiger partial charge in [0.15, 0.2) is 5.65 Å². The SMILES string of the molecule is Cc1nn(C(C)c2cc3ccccn3c2C2=CCN(C(=O)OC(C)(C)C)CC2)c2ncnc(N)c12. The minimum Gasteiger partial charge on any atom is -0.444 e. The molecule has 0 aliphatic carbocycles. The second kappa shape index (κ2) is 8.41. The molecule has 1 aliphatic heterocycles. The fourth-order valence-corrected chi connectivity index (χ4v) is 4.75. The van der Waals surface area contributed by atoms with Crippen LogP contribution < -0.4 is 5.73 Å². The predicted molar refractivity (Wildman–Crippen MR) is 136 cm³/mol. The number of hydrogen-bond donors (Lipinski definition) is 1. The number of nitrogens with two attached hydrogens (primary N) is 1. The van der Waals surface area contributed by atoms with Gasteiger partial charge in [0, 0.05) is 30.4 Å². The molecule has 0 saturated heterocycles. The van der Waals surface area contributed by atoms with Gasteiger partial charge in [0.2, 0.25) is 0 Å². The maximum absolute atomic E-state index is 12.6. The summed E-state index contributed by atoms with van der Waals surface area (Å²) in [5, 5.41) is 5.58. The molecule has 0 saturated carbocycles. The van der Waals surface area contributed by atoms with Crippen molar-refractivity contribution in [1.29, 1.82) is 0 Å². The van der Waals surface area contributed by atoms with Crippen LogP contribution in [-0.4, -0.2) is 53.8 Å². The van der Waals surface area contributed by atoms with Crippen LogP contribution in [0.2, 0.25) is 0 Å². The number of nitrogens with zero attached hydrogens (tertiary/aromatic N) is 6. The molecule has 182 valence electrons. The van der Waals surface area contributed by atoms with Crippen molar-refractivity contribution < 1.29 is 9.53 Å². The van der Waals surface area contributed by atoms with Gasteiger partial charge in [-0.15, -0.1) is 0 Å². The molecule has 0 fully saturated rings. The average molecular weight is 474 g/mol. The largest absolute Gasteiger partial charge is 0.444 e. The van der Waals surface area contributed by atoms with Gasteiger partial charge in [-0.2, -0.15) is 5.10 Å². The lowest BCUT2D eigenvalue weighted by Gasteiger charge is -2.30. The van der Waals surface area contributed by atoms with Crippen LogP contribution in [0.1, 0.15) is 57.1 Å². The Morgan fingerprint density at radius 2 is 2.03 bits per heavy atom. The molecule has 0 spiro atoms. The van der Waals surface area contributed by atoms with Gasteiger partial charge in [-0.25, -0.2) is 19.4 Å². The first-order chi connectivity index (χ1) is 16.6. The van der Waals surface area contributed by atoms with Crippen molar-refractivity contribution in [2.45, 2.75) is 52.7 Å². The molecule has 4 aromatic heterocycles. The summed E-state index contributed by atoms with van der Waals surface area (Å²) in [6.45, 7) is 10.8. The van der Waals surface area contributed by atoms with E-state index in [4.69, 9.17) is 15.6 Å². The molecule has 1 aliphatic rings. The molecule has 1 unspecified atom stereocenters. The highest BCUT2D eigenvalue weighted by atomic mass is 16.6. The molecular formula is C26H31N7O2. The Balaban J connectivity index is 1.56. The highest BCUT2D eigenvalue weighted by Crippen LogP contribution is 2.35. The minimum atomic E-state index is -0.515. The lowest BCUT2D eigenvalue weighted by molar-refractivity contribution is 0.0270. The van der Waals surface area contributed by atoms with E-state index in [0.717, 1.165) is 39.9 Å². The number of nitrogen functional groups attached to an aromatic ring is 1. The number of fused-ring (bicyclic) bond motifs is 2. The van der Waals surface area contributed by atoms with Crippen LogP contribution in [-0.2, 0) is 4.74 Å². The number of ether oxygens (including phenoxy) is 1. The minimum absolute atomic E-state index is 0.0971. The van der Waals surface area contributed by atoms with E-state index in [1.807, 2.05) is 44.5 Å². The normalized spacial score (nSPS) is 15.5. The van der Waals surface area contributed by atoms with Gasteiger partial charge in [0.1, 0.15) is 17.7 Å². The summed E-state index contributed by atoms with van der Waals surface area (Å²) in [4.78, 5) is 23.0. The molecule has 1 amide bonds. The molecule has 35 heavy (non-hydrogen) atoms. The lowest BCUT2D eigenvalue weighted by atomic mass is 9.98. The van der Waals surface area contributed by atoms with Crippen LogP contribution in [0.25, 0.3) is 22.1 Å². The quantitative estimate of drug-likeness (QED) is 0.466. The fraction of sp³-hybridized carbons (Fsp3) is 0.385. The number of amides is 1. The maximum Gasteiger partial charge on any atom is 0.410 e.